The van der Waals surface area contributed by atoms with Gasteiger partial charge in [0.15, 0.2) is 0 Å². The van der Waals surface area contributed by atoms with Crippen molar-refractivity contribution in [3.63, 3.8) is 0 Å². The first-order chi connectivity index (χ1) is 16.5. The molecule has 0 radical (unpaired) electrons. The normalized spacial score (nSPS) is 18.0. The molecule has 1 saturated carbocycles. The molecule has 0 aliphatic heterocycles. The fourth-order valence-electron chi connectivity index (χ4n) is 3.73. The molecule has 0 heterocycles. The number of ether oxygens (including phenoxy) is 1. The summed E-state index contributed by atoms with van der Waals surface area (Å²) >= 11 is 31.1. The molecule has 1 fully saturated rings. The third kappa shape index (κ3) is 5.47. The smallest absolute Gasteiger partial charge is 0.257 e. The van der Waals surface area contributed by atoms with Crippen molar-refractivity contribution in [2.75, 3.05) is 17.7 Å². The largest absolute Gasteiger partial charge is 0.497 e. The van der Waals surface area contributed by atoms with E-state index in [1.54, 1.807) is 18.2 Å². The summed E-state index contributed by atoms with van der Waals surface area (Å²) in [6.45, 7) is 0. The van der Waals surface area contributed by atoms with Crippen LogP contribution in [-0.4, -0.2) is 23.3 Å². The zero-order chi connectivity index (χ0) is 25.5. The van der Waals surface area contributed by atoms with E-state index in [4.69, 9.17) is 62.7 Å². The minimum absolute atomic E-state index is 0.0247. The quantitative estimate of drug-likeness (QED) is 0.298. The Morgan fingerprint density at radius 1 is 0.943 bits per heavy atom. The topological polar surface area (TPSA) is 67.4 Å². The summed E-state index contributed by atoms with van der Waals surface area (Å²) in [6.07, 6.45) is 0. The summed E-state index contributed by atoms with van der Waals surface area (Å²) in [5.74, 6) is -2.84. The Balaban J connectivity index is 1.51. The Kier molecular flexibility index (Phi) is 7.41. The number of benzene rings is 3. The van der Waals surface area contributed by atoms with Gasteiger partial charge in [-0.2, -0.15) is 0 Å². The first-order valence-electron chi connectivity index (χ1n) is 10.1. The Morgan fingerprint density at radius 3 is 2.26 bits per heavy atom. The lowest BCUT2D eigenvalue weighted by Crippen LogP contribution is -2.18. The van der Waals surface area contributed by atoms with E-state index in [-0.39, 0.29) is 22.0 Å². The molecular formula is C24H16Cl5FN2O3. The molecule has 0 aromatic heterocycles. The number of carbonyl (C=O) groups excluding carboxylic acids is 2. The lowest BCUT2D eigenvalue weighted by molar-refractivity contribution is -0.117. The molecule has 0 bridgehead atoms. The second-order valence-corrected chi connectivity index (χ2v) is 10.5. The predicted octanol–water partition coefficient (Wildman–Crippen LogP) is 7.57. The number of hydrogen-bond acceptors (Lipinski definition) is 3. The summed E-state index contributed by atoms with van der Waals surface area (Å²) in [4.78, 5) is 25.7. The lowest BCUT2D eigenvalue weighted by Gasteiger charge is -2.11. The van der Waals surface area contributed by atoms with E-state index >= 15 is 0 Å². The van der Waals surface area contributed by atoms with E-state index in [2.05, 4.69) is 10.6 Å². The number of hydrogen-bond donors (Lipinski definition) is 2. The molecule has 4 rings (SSSR count). The van der Waals surface area contributed by atoms with Crippen molar-refractivity contribution in [2.45, 2.75) is 10.3 Å². The number of amides is 2. The molecule has 0 unspecified atom stereocenters. The van der Waals surface area contributed by atoms with Crippen molar-refractivity contribution in [2.24, 2.45) is 5.92 Å². The van der Waals surface area contributed by atoms with Crippen LogP contribution in [0.3, 0.4) is 0 Å². The van der Waals surface area contributed by atoms with Crippen molar-refractivity contribution < 1.29 is 18.7 Å². The van der Waals surface area contributed by atoms with Gasteiger partial charge in [0.05, 0.1) is 29.3 Å². The molecule has 2 N–H and O–H groups in total. The molecule has 2 atom stereocenters. The lowest BCUT2D eigenvalue weighted by atomic mass is 10.1. The molecule has 0 saturated heterocycles. The molecule has 1 aliphatic carbocycles. The number of anilines is 2. The third-order valence-electron chi connectivity index (χ3n) is 5.48. The van der Waals surface area contributed by atoms with Gasteiger partial charge in [-0.25, -0.2) is 4.39 Å². The zero-order valence-electron chi connectivity index (χ0n) is 17.8. The second kappa shape index (κ2) is 10.0. The van der Waals surface area contributed by atoms with Crippen LogP contribution < -0.4 is 15.4 Å². The Morgan fingerprint density at radius 2 is 1.63 bits per heavy atom. The van der Waals surface area contributed by atoms with Crippen LogP contribution in [0.15, 0.2) is 54.6 Å². The van der Waals surface area contributed by atoms with Gasteiger partial charge in [0.2, 0.25) is 5.91 Å². The summed E-state index contributed by atoms with van der Waals surface area (Å²) in [5.41, 5.74) is 0.872. The molecule has 11 heteroatoms. The third-order valence-corrected chi connectivity index (χ3v) is 7.19. The number of nitrogens with one attached hydrogen (secondary N) is 2. The van der Waals surface area contributed by atoms with Crippen LogP contribution in [0.25, 0.3) is 0 Å². The Labute approximate surface area is 225 Å². The van der Waals surface area contributed by atoms with Crippen LogP contribution in [0.1, 0.15) is 21.8 Å². The van der Waals surface area contributed by atoms with Crippen LogP contribution in [0, 0.1) is 11.7 Å². The van der Waals surface area contributed by atoms with Crippen LogP contribution in [0.4, 0.5) is 15.8 Å². The molecule has 2 amide bonds. The van der Waals surface area contributed by atoms with Crippen molar-refractivity contribution in [3.8, 4) is 5.75 Å². The summed E-state index contributed by atoms with van der Waals surface area (Å²) in [5, 5.41) is 6.04. The van der Waals surface area contributed by atoms with Gasteiger partial charge in [-0.3, -0.25) is 9.59 Å². The fourth-order valence-corrected chi connectivity index (χ4v) is 5.31. The fraction of sp³-hybridized carbons (Fsp3) is 0.167. The number of rotatable bonds is 6. The molecule has 3 aromatic carbocycles. The van der Waals surface area contributed by atoms with Gasteiger partial charge in [0.25, 0.3) is 5.91 Å². The van der Waals surface area contributed by atoms with Gasteiger partial charge < -0.3 is 15.4 Å². The van der Waals surface area contributed by atoms with Crippen LogP contribution in [0.2, 0.25) is 15.1 Å². The highest BCUT2D eigenvalue weighted by Gasteiger charge is 2.67. The maximum atomic E-state index is 14.2. The minimum atomic E-state index is -1.36. The van der Waals surface area contributed by atoms with E-state index in [0.29, 0.717) is 21.4 Å². The van der Waals surface area contributed by atoms with Crippen LogP contribution in [-0.2, 0) is 4.79 Å². The molecule has 182 valence electrons. The number of alkyl halides is 2. The van der Waals surface area contributed by atoms with Crippen LogP contribution in [0.5, 0.6) is 5.75 Å². The van der Waals surface area contributed by atoms with Gasteiger partial charge in [0.1, 0.15) is 15.9 Å². The predicted molar refractivity (Wildman–Crippen MR) is 138 cm³/mol. The van der Waals surface area contributed by atoms with Crippen molar-refractivity contribution >= 4 is 81.2 Å². The number of methoxy groups -OCH3 is 1. The maximum Gasteiger partial charge on any atom is 0.257 e. The zero-order valence-corrected chi connectivity index (χ0v) is 21.6. The summed E-state index contributed by atoms with van der Waals surface area (Å²) < 4.78 is 17.8. The molecule has 35 heavy (non-hydrogen) atoms. The molecule has 3 aromatic rings. The van der Waals surface area contributed by atoms with E-state index in [9.17, 15) is 14.0 Å². The van der Waals surface area contributed by atoms with Gasteiger partial charge in [-0.05, 0) is 54.1 Å². The summed E-state index contributed by atoms with van der Waals surface area (Å²) in [7, 11) is 1.40. The Hall–Kier alpha value is -2.22. The molecule has 5 nitrogen and oxygen atoms in total. The van der Waals surface area contributed by atoms with Crippen molar-refractivity contribution in [3.05, 3.63) is 86.6 Å². The minimum Gasteiger partial charge on any atom is -0.497 e. The van der Waals surface area contributed by atoms with E-state index < -0.39 is 33.8 Å². The SMILES string of the molecule is COc1ccc(NC(=O)c2cc(NC(=O)[C@@H]3[C@@H](c4cc(Cl)cc(Cl)c4)C3(Cl)Cl)ccc2Cl)c(F)c1. The van der Waals surface area contributed by atoms with Gasteiger partial charge in [-0.1, -0.05) is 34.8 Å². The molecule has 0 spiro atoms. The highest BCUT2D eigenvalue weighted by atomic mass is 35.5. The van der Waals surface area contributed by atoms with Crippen molar-refractivity contribution in [1.82, 2.24) is 0 Å². The monoisotopic (exact) mass is 574 g/mol. The molecule has 1 aliphatic rings. The van der Waals surface area contributed by atoms with Gasteiger partial charge >= 0.3 is 0 Å². The number of halogens is 6. The molecular weight excluding hydrogens is 561 g/mol. The Bertz CT molecular complexity index is 1310. The highest BCUT2D eigenvalue weighted by molar-refractivity contribution is 6.53. The van der Waals surface area contributed by atoms with E-state index in [1.165, 1.54) is 37.4 Å². The average Bonchev–Trinajstić information content (AvgIpc) is 3.37. The number of carbonyl (C=O) groups is 2. The highest BCUT2D eigenvalue weighted by Crippen LogP contribution is 2.65. The van der Waals surface area contributed by atoms with Crippen LogP contribution >= 0.6 is 58.0 Å². The first kappa shape index (κ1) is 25.9. The average molecular weight is 577 g/mol. The summed E-state index contributed by atoms with van der Waals surface area (Å²) in [6, 6.07) is 13.2. The van der Waals surface area contributed by atoms with Gasteiger partial charge in [0, 0.05) is 27.7 Å². The van der Waals surface area contributed by atoms with Crippen molar-refractivity contribution in [1.29, 1.82) is 0 Å². The van der Waals surface area contributed by atoms with E-state index in [1.807, 2.05) is 0 Å². The standard InChI is InChI=1S/C24H16Cl5FN2O3/c1-35-15-3-5-19(18(30)10-15)32-22(33)16-9-14(2-4-17(16)27)31-23(34)21-20(24(21,28)29)11-6-12(25)8-13(26)7-11/h2-10,20-21H,1H3,(H,31,34)(H,32,33)/t20-,21+/m1/s1. The maximum absolute atomic E-state index is 14.2. The van der Waals surface area contributed by atoms with Gasteiger partial charge in [-0.15, -0.1) is 23.2 Å². The first-order valence-corrected chi connectivity index (χ1v) is 12.0. The second-order valence-electron chi connectivity index (χ2n) is 7.82. The van der Waals surface area contributed by atoms with E-state index in [0.717, 1.165) is 6.07 Å².